The highest BCUT2D eigenvalue weighted by Gasteiger charge is 2.28. The van der Waals surface area contributed by atoms with Gasteiger partial charge in [0.15, 0.2) is 11.5 Å². The van der Waals surface area contributed by atoms with Crippen molar-refractivity contribution in [1.82, 2.24) is 10.2 Å². The van der Waals surface area contributed by atoms with Gasteiger partial charge >= 0.3 is 0 Å². The molecule has 1 saturated carbocycles. The molecule has 33 heavy (non-hydrogen) atoms. The molecule has 0 heterocycles. The number of nitrogens with one attached hydrogen (secondary N) is 1. The van der Waals surface area contributed by atoms with Crippen molar-refractivity contribution in [2.24, 2.45) is 0 Å². The highest BCUT2D eigenvalue weighted by atomic mass is 19.1. The number of benzene rings is 2. The first-order chi connectivity index (χ1) is 15.9. The molecule has 0 aromatic heterocycles. The fourth-order valence-corrected chi connectivity index (χ4v) is 4.19. The maximum absolute atomic E-state index is 13.4. The summed E-state index contributed by atoms with van der Waals surface area (Å²) in [6, 6.07) is 11.1. The van der Waals surface area contributed by atoms with E-state index < -0.39 is 6.04 Å². The zero-order valence-corrected chi connectivity index (χ0v) is 19.6. The molecule has 0 radical (unpaired) electrons. The molecule has 6 nitrogen and oxygen atoms in total. The van der Waals surface area contributed by atoms with E-state index in [0.29, 0.717) is 17.9 Å². The van der Waals surface area contributed by atoms with Gasteiger partial charge < -0.3 is 19.7 Å². The molecule has 0 bridgehead atoms. The Labute approximate surface area is 195 Å². The molecule has 1 aliphatic rings. The van der Waals surface area contributed by atoms with Crippen LogP contribution in [-0.2, 0) is 22.6 Å². The van der Waals surface area contributed by atoms with Gasteiger partial charge in [-0.15, -0.1) is 0 Å². The molecule has 2 aromatic rings. The van der Waals surface area contributed by atoms with E-state index in [1.165, 1.54) is 12.1 Å². The minimum atomic E-state index is -0.631. The number of carbonyl (C=O) groups excluding carboxylic acids is 2. The van der Waals surface area contributed by atoms with Crippen LogP contribution >= 0.6 is 0 Å². The quantitative estimate of drug-likeness (QED) is 0.580. The van der Waals surface area contributed by atoms with E-state index in [1.807, 2.05) is 18.2 Å². The second-order valence-corrected chi connectivity index (χ2v) is 8.50. The van der Waals surface area contributed by atoms with E-state index in [0.717, 1.165) is 36.8 Å². The Morgan fingerprint density at radius 1 is 1.03 bits per heavy atom. The Kier molecular flexibility index (Phi) is 8.69. The van der Waals surface area contributed by atoms with Gasteiger partial charge in [0.2, 0.25) is 11.8 Å². The molecule has 1 N–H and O–H groups in total. The number of ether oxygens (including phenoxy) is 2. The summed E-state index contributed by atoms with van der Waals surface area (Å²) in [6.45, 7) is 1.99. The minimum absolute atomic E-state index is 0.136. The summed E-state index contributed by atoms with van der Waals surface area (Å²) in [4.78, 5) is 27.8. The van der Waals surface area contributed by atoms with Crippen LogP contribution in [-0.4, -0.2) is 43.0 Å². The fourth-order valence-electron chi connectivity index (χ4n) is 4.19. The average Bonchev–Trinajstić information content (AvgIpc) is 3.34. The maximum Gasteiger partial charge on any atom is 0.242 e. The molecule has 0 saturated heterocycles. The van der Waals surface area contributed by atoms with E-state index in [4.69, 9.17) is 9.47 Å². The van der Waals surface area contributed by atoms with Gasteiger partial charge in [0.25, 0.3) is 0 Å². The summed E-state index contributed by atoms with van der Waals surface area (Å²) < 4.78 is 24.0. The molecule has 178 valence electrons. The minimum Gasteiger partial charge on any atom is -0.493 e. The zero-order chi connectivity index (χ0) is 23.8. The lowest BCUT2D eigenvalue weighted by Gasteiger charge is -2.30. The number of nitrogens with zero attached hydrogens (tertiary/aromatic N) is 1. The number of halogens is 1. The van der Waals surface area contributed by atoms with Crippen LogP contribution in [0.1, 0.15) is 50.2 Å². The van der Waals surface area contributed by atoms with Crippen LogP contribution < -0.4 is 14.8 Å². The van der Waals surface area contributed by atoms with Gasteiger partial charge in [-0.2, -0.15) is 0 Å². The van der Waals surface area contributed by atoms with Crippen molar-refractivity contribution < 1.29 is 23.5 Å². The fraction of sp³-hybridized carbons (Fsp3) is 0.462. The lowest BCUT2D eigenvalue weighted by Crippen LogP contribution is -2.49. The number of amides is 2. The number of hydrogen-bond acceptors (Lipinski definition) is 4. The van der Waals surface area contributed by atoms with Crippen LogP contribution in [0.4, 0.5) is 4.39 Å². The summed E-state index contributed by atoms with van der Waals surface area (Å²) in [5.74, 6) is 0.612. The second kappa shape index (κ2) is 11.7. The van der Waals surface area contributed by atoms with Gasteiger partial charge in [0, 0.05) is 19.0 Å². The van der Waals surface area contributed by atoms with Crippen molar-refractivity contribution in [3.63, 3.8) is 0 Å². The lowest BCUT2D eigenvalue weighted by molar-refractivity contribution is -0.140. The number of methoxy groups -OCH3 is 2. The summed E-state index contributed by atoms with van der Waals surface area (Å²) in [7, 11) is 3.15. The van der Waals surface area contributed by atoms with E-state index in [9.17, 15) is 14.0 Å². The van der Waals surface area contributed by atoms with Crippen LogP contribution in [0.3, 0.4) is 0 Å². The molecular formula is C26H33FN2O4. The molecule has 1 atom stereocenters. The first-order valence-electron chi connectivity index (χ1n) is 11.5. The second-order valence-electron chi connectivity index (χ2n) is 8.50. The molecule has 2 aromatic carbocycles. The maximum atomic E-state index is 13.4. The Morgan fingerprint density at radius 2 is 1.67 bits per heavy atom. The summed E-state index contributed by atoms with van der Waals surface area (Å²) in [6.07, 6.45) is 4.91. The molecule has 7 heteroatoms. The lowest BCUT2D eigenvalue weighted by atomic mass is 10.1. The molecule has 1 fully saturated rings. The van der Waals surface area contributed by atoms with Crippen LogP contribution in [0.15, 0.2) is 42.5 Å². The topological polar surface area (TPSA) is 67.9 Å². The summed E-state index contributed by atoms with van der Waals surface area (Å²) in [5.41, 5.74) is 1.71. The van der Waals surface area contributed by atoms with Crippen molar-refractivity contribution in [2.45, 2.75) is 64.1 Å². The van der Waals surface area contributed by atoms with E-state index in [-0.39, 0.29) is 36.6 Å². The van der Waals surface area contributed by atoms with E-state index in [2.05, 4.69) is 5.32 Å². The Hall–Kier alpha value is -3.09. The van der Waals surface area contributed by atoms with Gasteiger partial charge in [0.1, 0.15) is 11.9 Å². The Balaban J connectivity index is 1.71. The van der Waals surface area contributed by atoms with Gasteiger partial charge in [-0.1, -0.05) is 31.0 Å². The van der Waals surface area contributed by atoms with Crippen LogP contribution in [0, 0.1) is 5.82 Å². The third-order valence-electron chi connectivity index (χ3n) is 6.21. The largest absolute Gasteiger partial charge is 0.493 e. The number of aryl methyl sites for hydroxylation is 1. The standard InChI is InChI=1S/C26H33FN2O4/c1-18(26(31)28-22-6-4-5-7-22)29(17-20-8-12-21(27)13-9-20)25(30)15-11-19-10-14-23(32-2)24(16-19)33-3/h8-10,12-14,16,18,22H,4-7,11,15,17H2,1-3H3,(H,28,31). The first-order valence-corrected chi connectivity index (χ1v) is 11.5. The molecule has 1 aliphatic carbocycles. The summed E-state index contributed by atoms with van der Waals surface area (Å²) in [5, 5.41) is 3.09. The monoisotopic (exact) mass is 456 g/mol. The van der Waals surface area contributed by atoms with Crippen LogP contribution in [0.25, 0.3) is 0 Å². The molecular weight excluding hydrogens is 423 g/mol. The predicted octanol–water partition coefficient (Wildman–Crippen LogP) is 4.25. The van der Waals surface area contributed by atoms with Crippen molar-refractivity contribution in [3.8, 4) is 11.5 Å². The van der Waals surface area contributed by atoms with Crippen molar-refractivity contribution in [2.75, 3.05) is 14.2 Å². The summed E-state index contributed by atoms with van der Waals surface area (Å²) >= 11 is 0. The van der Waals surface area contributed by atoms with Crippen LogP contribution in [0.5, 0.6) is 11.5 Å². The highest BCUT2D eigenvalue weighted by molar-refractivity contribution is 5.87. The van der Waals surface area contributed by atoms with E-state index in [1.54, 1.807) is 38.2 Å². The number of carbonyl (C=O) groups is 2. The first kappa shape index (κ1) is 24.6. The van der Waals surface area contributed by atoms with Gasteiger partial charge in [-0.05, 0) is 61.6 Å². The Morgan fingerprint density at radius 3 is 2.30 bits per heavy atom. The molecule has 0 aliphatic heterocycles. The zero-order valence-electron chi connectivity index (χ0n) is 19.6. The van der Waals surface area contributed by atoms with Crippen LogP contribution in [0.2, 0.25) is 0 Å². The van der Waals surface area contributed by atoms with Crippen molar-refractivity contribution in [3.05, 3.63) is 59.4 Å². The third-order valence-corrected chi connectivity index (χ3v) is 6.21. The van der Waals surface area contributed by atoms with Gasteiger partial charge in [-0.25, -0.2) is 4.39 Å². The predicted molar refractivity (Wildman–Crippen MR) is 125 cm³/mol. The SMILES string of the molecule is COc1ccc(CCC(=O)N(Cc2ccc(F)cc2)C(C)C(=O)NC2CCCC2)cc1OC. The highest BCUT2D eigenvalue weighted by Crippen LogP contribution is 2.28. The molecule has 2 amide bonds. The smallest absolute Gasteiger partial charge is 0.242 e. The molecule has 1 unspecified atom stereocenters. The van der Waals surface area contributed by atoms with Crippen molar-refractivity contribution >= 4 is 11.8 Å². The van der Waals surface area contributed by atoms with E-state index >= 15 is 0 Å². The number of rotatable bonds is 10. The third kappa shape index (κ3) is 6.70. The molecule has 3 rings (SSSR count). The van der Waals surface area contributed by atoms with Gasteiger partial charge in [0.05, 0.1) is 14.2 Å². The normalized spacial score (nSPS) is 14.5. The molecule has 0 spiro atoms. The average molecular weight is 457 g/mol. The number of hydrogen-bond donors (Lipinski definition) is 1. The van der Waals surface area contributed by atoms with Crippen molar-refractivity contribution in [1.29, 1.82) is 0 Å². The Bertz CT molecular complexity index is 942. The van der Waals surface area contributed by atoms with Gasteiger partial charge in [-0.3, -0.25) is 9.59 Å².